The van der Waals surface area contributed by atoms with Crippen molar-refractivity contribution in [3.8, 4) is 0 Å². The Morgan fingerprint density at radius 1 is 1.19 bits per heavy atom. The fraction of sp³-hybridized carbons (Fsp3) is 0.688. The maximum absolute atomic E-state index is 12.2. The molecule has 11 nitrogen and oxygen atoms in total. The molecule has 1 heterocycles. The molecule has 1 aliphatic heterocycles. The maximum atomic E-state index is 12.2. The molecule has 0 bridgehead atoms. The van der Waals surface area contributed by atoms with Crippen molar-refractivity contribution in [1.29, 1.82) is 0 Å². The second kappa shape index (κ2) is 10.5. The van der Waals surface area contributed by atoms with Crippen molar-refractivity contribution in [2.24, 2.45) is 11.7 Å². The van der Waals surface area contributed by atoms with Crippen molar-refractivity contribution in [2.45, 2.75) is 51.2 Å². The first-order valence-electron chi connectivity index (χ1n) is 8.73. The summed E-state index contributed by atoms with van der Waals surface area (Å²) < 4.78 is 0. The normalized spacial score (nSPS) is 18.4. The molecule has 0 spiro atoms. The smallest absolute Gasteiger partial charge is 0.326 e. The molecule has 27 heavy (non-hydrogen) atoms. The number of carbonyl (C=O) groups is 5. The molecule has 1 aliphatic rings. The van der Waals surface area contributed by atoms with Crippen LogP contribution in [0.2, 0.25) is 0 Å². The van der Waals surface area contributed by atoms with Gasteiger partial charge in [0.25, 0.3) is 0 Å². The summed E-state index contributed by atoms with van der Waals surface area (Å²) in [5.74, 6) is -4.21. The molecule has 1 rings (SSSR count). The Morgan fingerprint density at radius 3 is 2.33 bits per heavy atom. The Morgan fingerprint density at radius 2 is 1.85 bits per heavy atom. The number of carbonyl (C=O) groups excluding carboxylic acids is 4. The van der Waals surface area contributed by atoms with Gasteiger partial charge < -0.3 is 32.1 Å². The monoisotopic (exact) mass is 385 g/mol. The van der Waals surface area contributed by atoms with E-state index in [0.717, 1.165) is 6.42 Å². The van der Waals surface area contributed by atoms with Crippen LogP contribution in [0.5, 0.6) is 0 Å². The van der Waals surface area contributed by atoms with Gasteiger partial charge in [-0.25, -0.2) is 4.79 Å². The predicted octanol–water partition coefficient (Wildman–Crippen LogP) is -2.56. The van der Waals surface area contributed by atoms with E-state index in [1.54, 1.807) is 13.8 Å². The standard InChI is InChI=1S/C16H27N5O6/c1-8(2)13(16(26)27)21-12(23)7-19-14(24)10(6-11(17)22)20-15(25)9-4-3-5-18-9/h8-10,13,18H,3-7H2,1-2H3,(H2,17,22)(H,19,24)(H,20,25)(H,21,23)(H,26,27). The predicted molar refractivity (Wildman–Crippen MR) is 94.2 cm³/mol. The minimum absolute atomic E-state index is 0.344. The number of amides is 4. The minimum atomic E-state index is -1.22. The van der Waals surface area contributed by atoms with Crippen LogP contribution in [0, 0.1) is 5.92 Å². The summed E-state index contributed by atoms with van der Waals surface area (Å²) in [5.41, 5.74) is 5.12. The molecule has 152 valence electrons. The topological polar surface area (TPSA) is 180 Å². The lowest BCUT2D eigenvalue weighted by molar-refractivity contribution is -0.143. The highest BCUT2D eigenvalue weighted by Crippen LogP contribution is 2.06. The second-order valence-electron chi connectivity index (χ2n) is 6.73. The quantitative estimate of drug-likeness (QED) is 0.239. The Bertz CT molecular complexity index is 588. The van der Waals surface area contributed by atoms with Gasteiger partial charge in [-0.1, -0.05) is 13.8 Å². The summed E-state index contributed by atoms with van der Waals surface area (Å²) in [7, 11) is 0. The lowest BCUT2D eigenvalue weighted by Gasteiger charge is -2.20. The molecule has 3 unspecified atom stereocenters. The number of carboxylic acid groups (broad SMARTS) is 1. The van der Waals surface area contributed by atoms with E-state index in [4.69, 9.17) is 10.8 Å². The van der Waals surface area contributed by atoms with Crippen molar-refractivity contribution < 1.29 is 29.1 Å². The van der Waals surface area contributed by atoms with Crippen LogP contribution in [-0.2, 0) is 24.0 Å². The van der Waals surface area contributed by atoms with Crippen LogP contribution in [0.4, 0.5) is 0 Å². The van der Waals surface area contributed by atoms with Crippen molar-refractivity contribution >= 4 is 29.6 Å². The van der Waals surface area contributed by atoms with Crippen molar-refractivity contribution in [2.75, 3.05) is 13.1 Å². The van der Waals surface area contributed by atoms with E-state index in [0.29, 0.717) is 13.0 Å². The Balaban J connectivity index is 2.59. The minimum Gasteiger partial charge on any atom is -0.480 e. The van der Waals surface area contributed by atoms with Crippen LogP contribution >= 0.6 is 0 Å². The first-order chi connectivity index (χ1) is 12.6. The molecule has 0 aromatic heterocycles. The Hall–Kier alpha value is -2.69. The van der Waals surface area contributed by atoms with Gasteiger partial charge in [-0.3, -0.25) is 19.2 Å². The van der Waals surface area contributed by atoms with E-state index in [1.165, 1.54) is 0 Å². The van der Waals surface area contributed by atoms with E-state index in [1.807, 2.05) is 0 Å². The van der Waals surface area contributed by atoms with Crippen molar-refractivity contribution in [1.82, 2.24) is 21.3 Å². The molecule has 4 amide bonds. The lowest BCUT2D eigenvalue weighted by Crippen LogP contribution is -2.54. The molecule has 11 heteroatoms. The van der Waals surface area contributed by atoms with Gasteiger partial charge in [-0.05, 0) is 25.3 Å². The van der Waals surface area contributed by atoms with E-state index >= 15 is 0 Å². The highest BCUT2D eigenvalue weighted by molar-refractivity contribution is 5.95. The maximum Gasteiger partial charge on any atom is 0.326 e. The molecule has 3 atom stereocenters. The molecule has 0 radical (unpaired) electrons. The third-order valence-electron chi connectivity index (χ3n) is 4.09. The SMILES string of the molecule is CC(C)C(NC(=O)CNC(=O)C(CC(N)=O)NC(=O)C1CCCN1)C(=O)O. The lowest BCUT2D eigenvalue weighted by atomic mass is 10.0. The summed E-state index contributed by atoms with van der Waals surface area (Å²) in [6, 6.07) is -2.76. The highest BCUT2D eigenvalue weighted by atomic mass is 16.4. The molecule has 7 N–H and O–H groups in total. The summed E-state index contributed by atoms with van der Waals surface area (Å²) in [6.07, 6.45) is 1.02. The van der Waals surface area contributed by atoms with E-state index in [9.17, 15) is 24.0 Å². The van der Waals surface area contributed by atoms with Gasteiger partial charge in [0.05, 0.1) is 19.0 Å². The van der Waals surface area contributed by atoms with E-state index in [2.05, 4.69) is 21.3 Å². The van der Waals surface area contributed by atoms with Gasteiger partial charge in [0.2, 0.25) is 23.6 Å². The summed E-state index contributed by atoms with van der Waals surface area (Å²) >= 11 is 0. The largest absolute Gasteiger partial charge is 0.480 e. The zero-order valence-electron chi connectivity index (χ0n) is 15.4. The Kier molecular flexibility index (Phi) is 8.66. The third-order valence-corrected chi connectivity index (χ3v) is 4.09. The first-order valence-corrected chi connectivity index (χ1v) is 8.73. The zero-order valence-corrected chi connectivity index (χ0v) is 15.4. The zero-order chi connectivity index (χ0) is 20.6. The van der Waals surface area contributed by atoms with E-state index in [-0.39, 0.29) is 5.92 Å². The van der Waals surface area contributed by atoms with Gasteiger partial charge in [0, 0.05) is 0 Å². The molecular formula is C16H27N5O6. The van der Waals surface area contributed by atoms with Gasteiger partial charge in [-0.2, -0.15) is 0 Å². The second-order valence-corrected chi connectivity index (χ2v) is 6.73. The van der Waals surface area contributed by atoms with Crippen molar-refractivity contribution in [3.63, 3.8) is 0 Å². The number of nitrogens with one attached hydrogen (secondary N) is 4. The van der Waals surface area contributed by atoms with Crippen LogP contribution in [-0.4, -0.2) is 65.9 Å². The average Bonchev–Trinajstić information content (AvgIpc) is 3.10. The number of carboxylic acids is 1. The average molecular weight is 385 g/mol. The molecular weight excluding hydrogens is 358 g/mol. The Labute approximate surface area is 156 Å². The molecule has 0 aromatic rings. The first kappa shape index (κ1) is 22.4. The number of aliphatic carboxylic acids is 1. The highest BCUT2D eigenvalue weighted by Gasteiger charge is 2.29. The summed E-state index contributed by atoms with van der Waals surface area (Å²) in [6.45, 7) is 3.45. The van der Waals surface area contributed by atoms with E-state index < -0.39 is 60.7 Å². The fourth-order valence-electron chi connectivity index (χ4n) is 2.62. The van der Waals surface area contributed by atoms with Crippen molar-refractivity contribution in [3.05, 3.63) is 0 Å². The molecule has 1 fully saturated rings. The van der Waals surface area contributed by atoms with Crippen LogP contribution in [0.25, 0.3) is 0 Å². The van der Waals surface area contributed by atoms with Gasteiger partial charge in [0.1, 0.15) is 12.1 Å². The van der Waals surface area contributed by atoms with Gasteiger partial charge in [-0.15, -0.1) is 0 Å². The fourth-order valence-corrected chi connectivity index (χ4v) is 2.62. The number of hydrogen-bond donors (Lipinski definition) is 6. The van der Waals surface area contributed by atoms with Gasteiger partial charge >= 0.3 is 5.97 Å². The number of hydrogen-bond acceptors (Lipinski definition) is 6. The molecule has 1 saturated heterocycles. The van der Waals surface area contributed by atoms with Gasteiger partial charge in [0.15, 0.2) is 0 Å². The van der Waals surface area contributed by atoms with Crippen LogP contribution in [0.3, 0.4) is 0 Å². The third kappa shape index (κ3) is 7.60. The number of nitrogens with two attached hydrogens (primary N) is 1. The molecule has 0 aliphatic carbocycles. The summed E-state index contributed by atoms with van der Waals surface area (Å²) in [5, 5.41) is 19.0. The van der Waals surface area contributed by atoms with Crippen LogP contribution in [0.15, 0.2) is 0 Å². The van der Waals surface area contributed by atoms with Crippen LogP contribution in [0.1, 0.15) is 33.1 Å². The summed E-state index contributed by atoms with van der Waals surface area (Å²) in [4.78, 5) is 58.5. The number of primary amides is 1. The molecule has 0 aromatic carbocycles. The number of rotatable bonds is 10. The van der Waals surface area contributed by atoms with Crippen LogP contribution < -0.4 is 27.0 Å². The molecule has 0 saturated carbocycles.